The van der Waals surface area contributed by atoms with Crippen molar-refractivity contribution in [3.8, 4) is 0 Å². The van der Waals surface area contributed by atoms with Crippen LogP contribution in [0.5, 0.6) is 0 Å². The van der Waals surface area contributed by atoms with Crippen LogP contribution in [0.25, 0.3) is 0 Å². The molecule has 1 fully saturated rings. The molecule has 3 heterocycles. The number of fused-ring (bicyclic) bond motifs is 1. The molecule has 2 aromatic heterocycles. The van der Waals surface area contributed by atoms with Crippen LogP contribution in [0.4, 0.5) is 10.5 Å². The molecule has 0 radical (unpaired) electrons. The molecule has 1 N–H and O–H groups in total. The van der Waals surface area contributed by atoms with Gasteiger partial charge in [-0.2, -0.15) is 5.10 Å². The van der Waals surface area contributed by atoms with Gasteiger partial charge in [0.15, 0.2) is 5.76 Å². The van der Waals surface area contributed by atoms with Gasteiger partial charge in [0.1, 0.15) is 11.4 Å². The fraction of sp³-hybridized carbons (Fsp3) is 0.562. The van der Waals surface area contributed by atoms with Crippen LogP contribution in [0, 0.1) is 6.92 Å². The molecule has 0 atom stereocenters. The van der Waals surface area contributed by atoms with E-state index in [2.05, 4.69) is 21.6 Å². The Labute approximate surface area is 134 Å². The molecule has 122 valence electrons. The molecule has 2 amide bonds. The van der Waals surface area contributed by atoms with E-state index in [0.717, 1.165) is 12.2 Å². The quantitative estimate of drug-likeness (QED) is 0.944. The van der Waals surface area contributed by atoms with E-state index in [0.29, 0.717) is 42.6 Å². The van der Waals surface area contributed by atoms with E-state index >= 15 is 0 Å². The predicted octanol–water partition coefficient (Wildman–Crippen LogP) is 2.67. The number of aromatic nitrogens is 3. The number of rotatable bonds is 3. The molecule has 0 aromatic carbocycles. The van der Waals surface area contributed by atoms with Crippen molar-refractivity contribution in [2.24, 2.45) is 0 Å². The fourth-order valence-corrected chi connectivity index (χ4v) is 3.04. The highest BCUT2D eigenvalue weighted by Gasteiger charge is 2.30. The highest BCUT2D eigenvalue weighted by atomic mass is 16.5. The third-order valence-corrected chi connectivity index (χ3v) is 4.59. The maximum absolute atomic E-state index is 12.6. The first-order valence-corrected chi connectivity index (χ1v) is 8.23. The lowest BCUT2D eigenvalue weighted by Crippen LogP contribution is -2.41. The third-order valence-electron chi connectivity index (χ3n) is 4.59. The van der Waals surface area contributed by atoms with Crippen molar-refractivity contribution < 1.29 is 9.32 Å². The largest absolute Gasteiger partial charge is 0.359 e. The molecule has 2 aromatic rings. The van der Waals surface area contributed by atoms with E-state index in [1.54, 1.807) is 0 Å². The van der Waals surface area contributed by atoms with Crippen molar-refractivity contribution in [3.63, 3.8) is 0 Å². The van der Waals surface area contributed by atoms with E-state index in [1.165, 1.54) is 18.5 Å². The molecule has 7 heteroatoms. The minimum atomic E-state index is -0.105. The van der Waals surface area contributed by atoms with Gasteiger partial charge in [-0.05, 0) is 25.8 Å². The summed E-state index contributed by atoms with van der Waals surface area (Å²) in [5.74, 6) is 1.36. The summed E-state index contributed by atoms with van der Waals surface area (Å²) in [6.45, 7) is 5.83. The molecule has 0 bridgehead atoms. The monoisotopic (exact) mass is 315 g/mol. The van der Waals surface area contributed by atoms with E-state index < -0.39 is 0 Å². The van der Waals surface area contributed by atoms with Gasteiger partial charge in [0.05, 0.1) is 24.5 Å². The number of hydrogen-bond donors (Lipinski definition) is 1. The first-order chi connectivity index (χ1) is 11.2. The first kappa shape index (κ1) is 14.3. The van der Waals surface area contributed by atoms with Crippen molar-refractivity contribution >= 4 is 11.7 Å². The van der Waals surface area contributed by atoms with Gasteiger partial charge in [-0.25, -0.2) is 4.79 Å². The lowest BCUT2D eigenvalue weighted by molar-refractivity contribution is 0.194. The standard InChI is InChI=1S/C16H21N5O2/c1-3-14-15(10(2)19-23-14)17-16(22)20-6-7-21-12(9-20)8-13(18-21)11-4-5-11/h8,11H,3-7,9H2,1-2H3,(H,17,22). The summed E-state index contributed by atoms with van der Waals surface area (Å²) >= 11 is 0. The number of urea groups is 1. The second-order valence-electron chi connectivity index (χ2n) is 6.33. The summed E-state index contributed by atoms with van der Waals surface area (Å²) in [5.41, 5.74) is 3.72. The summed E-state index contributed by atoms with van der Waals surface area (Å²) in [4.78, 5) is 14.4. The number of carbonyl (C=O) groups excluding carboxylic acids is 1. The average molecular weight is 315 g/mol. The zero-order valence-corrected chi connectivity index (χ0v) is 13.5. The lowest BCUT2D eigenvalue weighted by atomic mass is 10.2. The SMILES string of the molecule is CCc1onc(C)c1NC(=O)N1CCn2nc(C3CC3)cc2C1. The highest BCUT2D eigenvalue weighted by molar-refractivity contribution is 5.90. The second-order valence-corrected chi connectivity index (χ2v) is 6.33. The van der Waals surface area contributed by atoms with Crippen molar-refractivity contribution in [3.05, 3.63) is 28.9 Å². The van der Waals surface area contributed by atoms with Gasteiger partial charge in [0.25, 0.3) is 0 Å². The average Bonchev–Trinajstić information content (AvgIpc) is 3.23. The summed E-state index contributed by atoms with van der Waals surface area (Å²) in [5, 5.41) is 11.5. The summed E-state index contributed by atoms with van der Waals surface area (Å²) in [6.07, 6.45) is 3.19. The van der Waals surface area contributed by atoms with Crippen LogP contribution in [0.2, 0.25) is 0 Å². The number of hydrogen-bond acceptors (Lipinski definition) is 4. The van der Waals surface area contributed by atoms with E-state index in [-0.39, 0.29) is 6.03 Å². The Morgan fingerprint density at radius 3 is 3.00 bits per heavy atom. The van der Waals surface area contributed by atoms with Crippen molar-refractivity contribution in [1.29, 1.82) is 0 Å². The molecule has 2 aliphatic rings. The first-order valence-electron chi connectivity index (χ1n) is 8.23. The summed E-state index contributed by atoms with van der Waals surface area (Å²) in [6, 6.07) is 2.05. The molecule has 7 nitrogen and oxygen atoms in total. The van der Waals surface area contributed by atoms with Gasteiger partial charge in [-0.3, -0.25) is 4.68 Å². The number of nitrogens with zero attached hydrogens (tertiary/aromatic N) is 4. The Kier molecular flexibility index (Phi) is 3.36. The number of carbonyl (C=O) groups is 1. The Balaban J connectivity index is 1.47. The predicted molar refractivity (Wildman–Crippen MR) is 84.2 cm³/mol. The molecular weight excluding hydrogens is 294 g/mol. The molecule has 4 rings (SSSR count). The highest BCUT2D eigenvalue weighted by Crippen LogP contribution is 2.39. The zero-order valence-electron chi connectivity index (χ0n) is 13.5. The topological polar surface area (TPSA) is 76.2 Å². The van der Waals surface area contributed by atoms with Crippen LogP contribution in [0.3, 0.4) is 0 Å². The number of nitrogens with one attached hydrogen (secondary N) is 1. The van der Waals surface area contributed by atoms with Gasteiger partial charge in [-0.15, -0.1) is 0 Å². The van der Waals surface area contributed by atoms with E-state index in [1.807, 2.05) is 23.4 Å². The molecule has 0 unspecified atom stereocenters. The summed E-state index contributed by atoms with van der Waals surface area (Å²) < 4.78 is 7.27. The Hall–Kier alpha value is -2.31. The number of aryl methyl sites for hydroxylation is 2. The van der Waals surface area contributed by atoms with Crippen molar-refractivity contribution in [2.75, 3.05) is 11.9 Å². The second kappa shape index (κ2) is 5.40. The number of amides is 2. The molecule has 1 saturated carbocycles. The minimum Gasteiger partial charge on any atom is -0.359 e. The van der Waals surface area contributed by atoms with Gasteiger partial charge < -0.3 is 14.7 Å². The van der Waals surface area contributed by atoms with Crippen molar-refractivity contribution in [1.82, 2.24) is 19.8 Å². The number of anilines is 1. The molecule has 23 heavy (non-hydrogen) atoms. The smallest absolute Gasteiger partial charge is 0.322 e. The normalized spacial score (nSPS) is 17.2. The third kappa shape index (κ3) is 2.60. The lowest BCUT2D eigenvalue weighted by Gasteiger charge is -2.27. The Morgan fingerprint density at radius 1 is 1.43 bits per heavy atom. The van der Waals surface area contributed by atoms with Crippen LogP contribution in [0.15, 0.2) is 10.6 Å². The van der Waals surface area contributed by atoms with Crippen LogP contribution >= 0.6 is 0 Å². The van der Waals surface area contributed by atoms with Gasteiger partial charge in [0.2, 0.25) is 0 Å². The zero-order chi connectivity index (χ0) is 16.0. The molecule has 0 spiro atoms. The fourth-order valence-electron chi connectivity index (χ4n) is 3.04. The molecule has 0 saturated heterocycles. The Bertz CT molecular complexity index is 744. The van der Waals surface area contributed by atoms with Gasteiger partial charge in [-0.1, -0.05) is 12.1 Å². The maximum Gasteiger partial charge on any atom is 0.322 e. The molecule has 1 aliphatic heterocycles. The van der Waals surface area contributed by atoms with Crippen LogP contribution in [0.1, 0.15) is 48.5 Å². The van der Waals surface area contributed by atoms with E-state index in [4.69, 9.17) is 4.52 Å². The van der Waals surface area contributed by atoms with Crippen molar-refractivity contribution in [2.45, 2.75) is 52.1 Å². The van der Waals surface area contributed by atoms with Crippen LogP contribution < -0.4 is 5.32 Å². The Morgan fingerprint density at radius 2 is 2.26 bits per heavy atom. The van der Waals surface area contributed by atoms with Gasteiger partial charge >= 0.3 is 6.03 Å². The molecule has 1 aliphatic carbocycles. The van der Waals surface area contributed by atoms with Crippen LogP contribution in [-0.2, 0) is 19.5 Å². The van der Waals surface area contributed by atoms with E-state index in [9.17, 15) is 4.79 Å². The summed E-state index contributed by atoms with van der Waals surface area (Å²) in [7, 11) is 0. The maximum atomic E-state index is 12.6. The van der Waals surface area contributed by atoms with Crippen LogP contribution in [-0.4, -0.2) is 32.4 Å². The molecular formula is C16H21N5O2. The minimum absolute atomic E-state index is 0.105. The van der Waals surface area contributed by atoms with Gasteiger partial charge in [0, 0.05) is 18.9 Å².